The minimum absolute atomic E-state index is 0.106. The van der Waals surface area contributed by atoms with Gasteiger partial charge in [-0.3, -0.25) is 4.68 Å². The Hall–Kier alpha value is -1.52. The van der Waals surface area contributed by atoms with Crippen LogP contribution in [0.3, 0.4) is 0 Å². The molecule has 2 nitrogen and oxygen atoms in total. The van der Waals surface area contributed by atoms with E-state index in [0.29, 0.717) is 11.2 Å². The van der Waals surface area contributed by atoms with Gasteiger partial charge in [-0.2, -0.15) is 18.3 Å². The summed E-state index contributed by atoms with van der Waals surface area (Å²) in [6.45, 7) is 2.81. The van der Waals surface area contributed by atoms with Crippen LogP contribution in [0.2, 0.25) is 0 Å². The van der Waals surface area contributed by atoms with Crippen LogP contribution in [0.5, 0.6) is 0 Å². The first-order valence-electron chi connectivity index (χ1n) is 5.40. The van der Waals surface area contributed by atoms with Crippen molar-refractivity contribution < 1.29 is 13.2 Å². The van der Waals surface area contributed by atoms with Crippen molar-refractivity contribution in [3.05, 3.63) is 30.0 Å². The van der Waals surface area contributed by atoms with Gasteiger partial charge in [-0.05, 0) is 12.0 Å². The van der Waals surface area contributed by atoms with Crippen molar-refractivity contribution in [2.75, 3.05) is 0 Å². The van der Waals surface area contributed by atoms with Crippen molar-refractivity contribution in [1.82, 2.24) is 9.78 Å². The molecule has 0 unspecified atom stereocenters. The summed E-state index contributed by atoms with van der Waals surface area (Å²) in [7, 11) is 0. The Labute approximate surface area is 97.0 Å². The molecule has 0 amide bonds. The van der Waals surface area contributed by atoms with Crippen LogP contribution < -0.4 is 0 Å². The topological polar surface area (TPSA) is 17.8 Å². The van der Waals surface area contributed by atoms with Crippen molar-refractivity contribution in [2.24, 2.45) is 0 Å². The van der Waals surface area contributed by atoms with Gasteiger partial charge in [-0.1, -0.05) is 32.0 Å². The molecule has 0 bridgehead atoms. The Kier molecular flexibility index (Phi) is 2.85. The number of rotatable bonds is 2. The third-order valence-electron chi connectivity index (χ3n) is 2.56. The molecule has 0 saturated heterocycles. The summed E-state index contributed by atoms with van der Waals surface area (Å²) in [5.74, 6) is 0.106. The molecule has 2 aromatic rings. The smallest absolute Gasteiger partial charge is 0.255 e. The molecule has 1 aromatic carbocycles. The molecule has 0 aliphatic carbocycles. The largest absolute Gasteiger partial charge is 0.408 e. The summed E-state index contributed by atoms with van der Waals surface area (Å²) in [5, 5.41) is 4.87. The maximum atomic E-state index is 12.4. The summed E-state index contributed by atoms with van der Waals surface area (Å²) in [5.41, 5.74) is 1.25. The third-order valence-corrected chi connectivity index (χ3v) is 2.56. The Balaban J connectivity index is 2.57. The number of benzene rings is 1. The Morgan fingerprint density at radius 1 is 1.24 bits per heavy atom. The first kappa shape index (κ1) is 12.0. The predicted molar refractivity (Wildman–Crippen MR) is 59.9 cm³/mol. The van der Waals surface area contributed by atoms with Gasteiger partial charge in [-0.15, -0.1) is 0 Å². The molecule has 0 aliphatic rings. The Morgan fingerprint density at radius 3 is 2.47 bits per heavy atom. The van der Waals surface area contributed by atoms with Gasteiger partial charge >= 0.3 is 6.18 Å². The van der Waals surface area contributed by atoms with Crippen LogP contribution >= 0.6 is 0 Å². The van der Waals surface area contributed by atoms with E-state index in [-0.39, 0.29) is 5.92 Å². The number of hydrogen-bond acceptors (Lipinski definition) is 1. The lowest BCUT2D eigenvalue weighted by atomic mass is 10.1. The van der Waals surface area contributed by atoms with E-state index in [1.165, 1.54) is 0 Å². The summed E-state index contributed by atoms with van der Waals surface area (Å²) in [6, 6.07) is 7.01. The quantitative estimate of drug-likeness (QED) is 0.784. The van der Waals surface area contributed by atoms with Crippen molar-refractivity contribution in [3.63, 3.8) is 0 Å². The average Bonchev–Trinajstić information content (AvgIpc) is 2.55. The van der Waals surface area contributed by atoms with Crippen LogP contribution in [0.15, 0.2) is 24.3 Å². The zero-order valence-electron chi connectivity index (χ0n) is 9.62. The fourth-order valence-electron chi connectivity index (χ4n) is 1.87. The van der Waals surface area contributed by atoms with Gasteiger partial charge < -0.3 is 0 Å². The lowest BCUT2D eigenvalue weighted by Crippen LogP contribution is -2.18. The zero-order valence-corrected chi connectivity index (χ0v) is 9.62. The predicted octanol–water partition coefficient (Wildman–Crippen LogP) is 3.72. The summed E-state index contributed by atoms with van der Waals surface area (Å²) in [6.07, 6.45) is -4.25. The lowest BCUT2D eigenvalue weighted by molar-refractivity contribution is -0.141. The molecule has 0 radical (unpaired) electrons. The van der Waals surface area contributed by atoms with Crippen LogP contribution in [-0.2, 0) is 6.54 Å². The monoisotopic (exact) mass is 242 g/mol. The molecule has 0 saturated carbocycles. The third kappa shape index (κ3) is 2.43. The molecule has 17 heavy (non-hydrogen) atoms. The van der Waals surface area contributed by atoms with Gasteiger partial charge in [0.2, 0.25) is 0 Å². The second-order valence-corrected chi connectivity index (χ2v) is 4.33. The van der Waals surface area contributed by atoms with Crippen molar-refractivity contribution in [2.45, 2.75) is 32.5 Å². The molecule has 0 spiro atoms. The SMILES string of the molecule is CC(C)c1nn(CC(F)(F)F)c2ccccc12. The van der Waals surface area contributed by atoms with E-state index in [1.54, 1.807) is 12.1 Å². The van der Waals surface area contributed by atoms with Gasteiger partial charge in [0.1, 0.15) is 6.54 Å². The van der Waals surface area contributed by atoms with Crippen LogP contribution in [0, 0.1) is 0 Å². The molecule has 92 valence electrons. The fraction of sp³-hybridized carbons (Fsp3) is 0.417. The molecule has 0 fully saturated rings. The van der Waals surface area contributed by atoms with Crippen molar-refractivity contribution >= 4 is 10.9 Å². The second-order valence-electron chi connectivity index (χ2n) is 4.33. The highest BCUT2D eigenvalue weighted by Gasteiger charge is 2.29. The van der Waals surface area contributed by atoms with E-state index in [2.05, 4.69) is 5.10 Å². The van der Waals surface area contributed by atoms with E-state index < -0.39 is 12.7 Å². The maximum absolute atomic E-state index is 12.4. The summed E-state index contributed by atoms with van der Waals surface area (Å²) < 4.78 is 38.3. The molecule has 1 heterocycles. The fourth-order valence-corrected chi connectivity index (χ4v) is 1.87. The van der Waals surface area contributed by atoms with Gasteiger partial charge in [0, 0.05) is 5.39 Å². The van der Waals surface area contributed by atoms with E-state index in [4.69, 9.17) is 0 Å². The molecule has 0 N–H and O–H groups in total. The van der Waals surface area contributed by atoms with E-state index in [9.17, 15) is 13.2 Å². The van der Waals surface area contributed by atoms with Crippen LogP contribution in [0.1, 0.15) is 25.5 Å². The molecule has 0 aliphatic heterocycles. The Bertz CT molecular complexity index is 526. The van der Waals surface area contributed by atoms with Gasteiger partial charge in [0.05, 0.1) is 11.2 Å². The number of hydrogen-bond donors (Lipinski definition) is 0. The number of aromatic nitrogens is 2. The molecule has 5 heteroatoms. The first-order valence-corrected chi connectivity index (χ1v) is 5.40. The minimum atomic E-state index is -4.25. The summed E-state index contributed by atoms with van der Waals surface area (Å²) >= 11 is 0. The van der Waals surface area contributed by atoms with Crippen LogP contribution in [0.4, 0.5) is 13.2 Å². The van der Waals surface area contributed by atoms with Gasteiger partial charge in [-0.25, -0.2) is 0 Å². The maximum Gasteiger partial charge on any atom is 0.408 e. The highest BCUT2D eigenvalue weighted by Crippen LogP contribution is 2.27. The lowest BCUT2D eigenvalue weighted by Gasteiger charge is -2.07. The molecular weight excluding hydrogens is 229 g/mol. The van der Waals surface area contributed by atoms with E-state index in [0.717, 1.165) is 10.1 Å². The van der Waals surface area contributed by atoms with Crippen LogP contribution in [-0.4, -0.2) is 16.0 Å². The van der Waals surface area contributed by atoms with Crippen LogP contribution in [0.25, 0.3) is 10.9 Å². The molecular formula is C12H13F3N2. The summed E-state index contributed by atoms with van der Waals surface area (Å²) in [4.78, 5) is 0. The molecule has 2 rings (SSSR count). The zero-order chi connectivity index (χ0) is 12.6. The van der Waals surface area contributed by atoms with Crippen molar-refractivity contribution in [3.8, 4) is 0 Å². The minimum Gasteiger partial charge on any atom is -0.255 e. The number of alkyl halides is 3. The highest BCUT2D eigenvalue weighted by molar-refractivity contribution is 5.82. The second kappa shape index (κ2) is 4.05. The number of fused-ring (bicyclic) bond motifs is 1. The number of halogens is 3. The molecule has 0 atom stereocenters. The Morgan fingerprint density at radius 2 is 1.88 bits per heavy atom. The highest BCUT2D eigenvalue weighted by atomic mass is 19.4. The van der Waals surface area contributed by atoms with Crippen molar-refractivity contribution in [1.29, 1.82) is 0 Å². The van der Waals surface area contributed by atoms with E-state index in [1.807, 2.05) is 26.0 Å². The van der Waals surface area contributed by atoms with Gasteiger partial charge in [0.15, 0.2) is 0 Å². The average molecular weight is 242 g/mol. The first-order chi connectivity index (χ1) is 7.88. The number of para-hydroxylation sites is 1. The number of nitrogens with zero attached hydrogens (tertiary/aromatic N) is 2. The molecule has 1 aromatic heterocycles. The normalized spacial score (nSPS) is 12.6. The standard InChI is InChI=1S/C12H13F3N2/c1-8(2)11-9-5-3-4-6-10(9)17(16-11)7-12(13,14)15/h3-6,8H,7H2,1-2H3. The van der Waals surface area contributed by atoms with E-state index >= 15 is 0 Å². The van der Waals surface area contributed by atoms with Gasteiger partial charge in [0.25, 0.3) is 0 Å².